The highest BCUT2D eigenvalue weighted by atomic mass is 35.5. The van der Waals surface area contributed by atoms with Gasteiger partial charge in [-0.05, 0) is 13.3 Å². The van der Waals surface area contributed by atoms with Crippen molar-refractivity contribution in [1.82, 2.24) is 14.9 Å². The molecule has 132 valence electrons. The Morgan fingerprint density at radius 1 is 1.42 bits per heavy atom. The van der Waals surface area contributed by atoms with E-state index in [9.17, 15) is 9.59 Å². The first-order valence-corrected chi connectivity index (χ1v) is 9.20. The van der Waals surface area contributed by atoms with E-state index in [0.29, 0.717) is 37.0 Å². The van der Waals surface area contributed by atoms with Crippen LogP contribution in [-0.2, 0) is 9.59 Å². The van der Waals surface area contributed by atoms with E-state index >= 15 is 0 Å². The molecule has 1 aromatic heterocycles. The summed E-state index contributed by atoms with van der Waals surface area (Å²) in [6, 6.07) is 1.75. The summed E-state index contributed by atoms with van der Waals surface area (Å²) in [7, 11) is 0. The Balaban J connectivity index is 2.07. The zero-order chi connectivity index (χ0) is 17.7. The largest absolute Gasteiger partial charge is 0.481 e. The molecule has 1 fully saturated rings. The normalized spacial score (nSPS) is 17.9. The van der Waals surface area contributed by atoms with Crippen LogP contribution < -0.4 is 4.90 Å². The van der Waals surface area contributed by atoms with Crippen LogP contribution in [-0.4, -0.2) is 63.3 Å². The number of anilines is 1. The lowest BCUT2D eigenvalue weighted by molar-refractivity contribution is -0.134. The summed E-state index contributed by atoms with van der Waals surface area (Å²) >= 11 is 7.07. The van der Waals surface area contributed by atoms with Crippen LogP contribution in [0.5, 0.6) is 0 Å². The lowest BCUT2D eigenvalue weighted by Crippen LogP contribution is -2.54. The van der Waals surface area contributed by atoms with E-state index in [0.717, 1.165) is 18.2 Å². The Kier molecular flexibility index (Phi) is 6.68. The Morgan fingerprint density at radius 3 is 2.79 bits per heavy atom. The number of aliphatic carboxylic acids is 1. The van der Waals surface area contributed by atoms with E-state index in [4.69, 9.17) is 16.7 Å². The van der Waals surface area contributed by atoms with Gasteiger partial charge >= 0.3 is 5.97 Å². The molecule has 7 nitrogen and oxygen atoms in total. The molecule has 1 aliphatic rings. The Morgan fingerprint density at radius 2 is 2.17 bits per heavy atom. The molecule has 0 spiro atoms. The summed E-state index contributed by atoms with van der Waals surface area (Å²) < 4.78 is 0. The van der Waals surface area contributed by atoms with Crippen LogP contribution in [0, 0.1) is 0 Å². The molecule has 1 aromatic rings. The van der Waals surface area contributed by atoms with Gasteiger partial charge in [0.2, 0.25) is 5.91 Å². The fourth-order valence-electron chi connectivity index (χ4n) is 2.63. The molecule has 0 radical (unpaired) electrons. The summed E-state index contributed by atoms with van der Waals surface area (Å²) in [4.78, 5) is 35.2. The standard InChI is InChI=1S/C15H21ClN4O3S/c1-3-4-13(21)20-6-5-19(8-10(20)2)12-7-11(16)17-15(18-12)24-9-14(22)23/h7,10H,3-6,8-9H2,1-2H3,(H,22,23). The molecule has 1 unspecified atom stereocenters. The van der Waals surface area contributed by atoms with Gasteiger partial charge in [-0.1, -0.05) is 30.3 Å². The van der Waals surface area contributed by atoms with Gasteiger partial charge in [0.1, 0.15) is 11.0 Å². The van der Waals surface area contributed by atoms with Crippen molar-refractivity contribution in [3.8, 4) is 0 Å². The number of carboxylic acid groups (broad SMARTS) is 1. The number of carboxylic acids is 1. The monoisotopic (exact) mass is 372 g/mol. The van der Waals surface area contributed by atoms with E-state index < -0.39 is 5.97 Å². The first kappa shape index (κ1) is 18.8. The zero-order valence-corrected chi connectivity index (χ0v) is 15.3. The molecule has 2 heterocycles. The van der Waals surface area contributed by atoms with E-state index in [1.165, 1.54) is 0 Å². The SMILES string of the molecule is CCCC(=O)N1CCN(c2cc(Cl)nc(SCC(=O)O)n2)CC1C. The number of hydrogen-bond acceptors (Lipinski definition) is 6. The van der Waals surface area contributed by atoms with Crippen molar-refractivity contribution >= 4 is 41.1 Å². The molecule has 1 N–H and O–H groups in total. The lowest BCUT2D eigenvalue weighted by Gasteiger charge is -2.40. The molecule has 0 saturated carbocycles. The van der Waals surface area contributed by atoms with Gasteiger partial charge in [-0.15, -0.1) is 0 Å². The number of aromatic nitrogens is 2. The van der Waals surface area contributed by atoms with E-state index in [-0.39, 0.29) is 22.9 Å². The maximum absolute atomic E-state index is 12.1. The Bertz CT molecular complexity index is 616. The van der Waals surface area contributed by atoms with Gasteiger partial charge in [0, 0.05) is 38.2 Å². The van der Waals surface area contributed by atoms with Gasteiger partial charge in [0.05, 0.1) is 5.75 Å². The van der Waals surface area contributed by atoms with Crippen molar-refractivity contribution < 1.29 is 14.7 Å². The molecule has 2 rings (SSSR count). The third-order valence-electron chi connectivity index (χ3n) is 3.72. The van der Waals surface area contributed by atoms with Gasteiger partial charge in [0.15, 0.2) is 5.16 Å². The van der Waals surface area contributed by atoms with E-state index in [1.54, 1.807) is 6.07 Å². The van der Waals surface area contributed by atoms with Crippen molar-refractivity contribution in [2.24, 2.45) is 0 Å². The molecule has 9 heteroatoms. The first-order valence-electron chi connectivity index (χ1n) is 7.84. The highest BCUT2D eigenvalue weighted by molar-refractivity contribution is 7.99. The van der Waals surface area contributed by atoms with Gasteiger partial charge in [-0.3, -0.25) is 9.59 Å². The number of halogens is 1. The number of rotatable bonds is 6. The highest BCUT2D eigenvalue weighted by Gasteiger charge is 2.27. The molecule has 0 aliphatic carbocycles. The smallest absolute Gasteiger partial charge is 0.313 e. The third-order valence-corrected chi connectivity index (χ3v) is 4.75. The molecule has 0 aromatic carbocycles. The molecular formula is C15H21ClN4O3S. The van der Waals surface area contributed by atoms with Crippen molar-refractivity contribution in [3.05, 3.63) is 11.2 Å². The van der Waals surface area contributed by atoms with Gasteiger partial charge in [-0.2, -0.15) is 0 Å². The summed E-state index contributed by atoms with van der Waals surface area (Å²) in [6.45, 7) is 5.97. The number of thioether (sulfide) groups is 1. The van der Waals surface area contributed by atoms with Crippen LogP contribution in [0.3, 0.4) is 0 Å². The summed E-state index contributed by atoms with van der Waals surface area (Å²) in [5, 5.41) is 9.39. The fourth-order valence-corrected chi connectivity index (χ4v) is 3.43. The molecule has 1 saturated heterocycles. The molecule has 0 bridgehead atoms. The fraction of sp³-hybridized carbons (Fsp3) is 0.600. The van der Waals surface area contributed by atoms with Crippen LogP contribution in [0.2, 0.25) is 5.15 Å². The number of amides is 1. The maximum Gasteiger partial charge on any atom is 0.313 e. The van der Waals surface area contributed by atoms with E-state index in [2.05, 4.69) is 14.9 Å². The number of hydrogen-bond donors (Lipinski definition) is 1. The summed E-state index contributed by atoms with van der Waals surface area (Å²) in [5.41, 5.74) is 0. The van der Waals surface area contributed by atoms with Crippen molar-refractivity contribution in [2.75, 3.05) is 30.3 Å². The summed E-state index contributed by atoms with van der Waals surface area (Å²) in [6.07, 6.45) is 1.41. The summed E-state index contributed by atoms with van der Waals surface area (Å²) in [5.74, 6) is -0.197. The number of carbonyl (C=O) groups excluding carboxylic acids is 1. The minimum Gasteiger partial charge on any atom is -0.481 e. The zero-order valence-electron chi connectivity index (χ0n) is 13.7. The topological polar surface area (TPSA) is 86.6 Å². The van der Waals surface area contributed by atoms with Crippen LogP contribution in [0.1, 0.15) is 26.7 Å². The third kappa shape index (κ3) is 4.98. The predicted octanol–water partition coefficient (Wildman–Crippen LogP) is 2.14. The average Bonchev–Trinajstić information content (AvgIpc) is 2.52. The second-order valence-electron chi connectivity index (χ2n) is 5.65. The van der Waals surface area contributed by atoms with Crippen molar-refractivity contribution in [2.45, 2.75) is 37.9 Å². The predicted molar refractivity (Wildman–Crippen MR) is 93.7 cm³/mol. The van der Waals surface area contributed by atoms with Crippen LogP contribution in [0.4, 0.5) is 5.82 Å². The highest BCUT2D eigenvalue weighted by Crippen LogP contribution is 2.24. The average molecular weight is 373 g/mol. The van der Waals surface area contributed by atoms with Crippen LogP contribution >= 0.6 is 23.4 Å². The molecule has 24 heavy (non-hydrogen) atoms. The Labute approximate surface area is 150 Å². The number of carbonyl (C=O) groups is 2. The number of piperazine rings is 1. The molecular weight excluding hydrogens is 352 g/mol. The van der Waals surface area contributed by atoms with Gasteiger partial charge in [0.25, 0.3) is 0 Å². The van der Waals surface area contributed by atoms with Gasteiger partial charge in [-0.25, -0.2) is 9.97 Å². The maximum atomic E-state index is 12.1. The number of nitrogens with zero attached hydrogens (tertiary/aromatic N) is 4. The van der Waals surface area contributed by atoms with E-state index in [1.807, 2.05) is 18.7 Å². The second kappa shape index (κ2) is 8.53. The van der Waals surface area contributed by atoms with Crippen LogP contribution in [0.25, 0.3) is 0 Å². The van der Waals surface area contributed by atoms with Crippen molar-refractivity contribution in [1.29, 1.82) is 0 Å². The van der Waals surface area contributed by atoms with Gasteiger partial charge < -0.3 is 14.9 Å². The van der Waals surface area contributed by atoms with Crippen LogP contribution in [0.15, 0.2) is 11.2 Å². The van der Waals surface area contributed by atoms with Crippen molar-refractivity contribution in [3.63, 3.8) is 0 Å². The second-order valence-corrected chi connectivity index (χ2v) is 6.98. The quantitative estimate of drug-likeness (QED) is 0.465. The molecule has 1 amide bonds. The first-order chi connectivity index (χ1) is 11.4. The minimum absolute atomic E-state index is 0.0849. The Hall–Kier alpha value is -1.54. The lowest BCUT2D eigenvalue weighted by atomic mass is 10.1. The minimum atomic E-state index is -0.929. The molecule has 1 atom stereocenters. The molecule has 1 aliphatic heterocycles.